The van der Waals surface area contributed by atoms with Gasteiger partial charge < -0.3 is 10.0 Å². The van der Waals surface area contributed by atoms with E-state index in [1.54, 1.807) is 6.08 Å². The van der Waals surface area contributed by atoms with Crippen LogP contribution in [0.5, 0.6) is 0 Å². The van der Waals surface area contributed by atoms with Crippen molar-refractivity contribution < 1.29 is 14.7 Å². The lowest BCUT2D eigenvalue weighted by Gasteiger charge is -2.29. The van der Waals surface area contributed by atoms with E-state index < -0.39 is 11.9 Å². The molecule has 1 rings (SSSR count). The molecule has 1 N–H and O–H groups in total. The van der Waals surface area contributed by atoms with E-state index in [0.29, 0.717) is 25.9 Å². The summed E-state index contributed by atoms with van der Waals surface area (Å²) in [6, 6.07) is 0. The summed E-state index contributed by atoms with van der Waals surface area (Å²) in [6.07, 6.45) is 2.41. The second-order valence-electron chi connectivity index (χ2n) is 3.16. The molecule has 72 valence electrons. The maximum absolute atomic E-state index is 11.2. The van der Waals surface area contributed by atoms with E-state index >= 15 is 0 Å². The molecule has 4 nitrogen and oxygen atoms in total. The number of nitrogens with zero attached hydrogens (tertiary/aromatic N) is 1. The fraction of sp³-hybridized carbons (Fsp3) is 0.556. The van der Waals surface area contributed by atoms with Gasteiger partial charge in [0.2, 0.25) is 5.91 Å². The number of rotatable bonds is 3. The highest BCUT2D eigenvalue weighted by atomic mass is 16.4. The number of amides is 1. The molecular formula is C9H13NO3. The van der Waals surface area contributed by atoms with Crippen LogP contribution in [0, 0.1) is 5.92 Å². The highest BCUT2D eigenvalue weighted by Crippen LogP contribution is 2.17. The summed E-state index contributed by atoms with van der Waals surface area (Å²) in [4.78, 5) is 23.4. The minimum absolute atomic E-state index is 0.0254. The minimum Gasteiger partial charge on any atom is -0.481 e. The molecule has 13 heavy (non-hydrogen) atoms. The van der Waals surface area contributed by atoms with Crippen molar-refractivity contribution >= 4 is 11.9 Å². The first kappa shape index (κ1) is 9.77. The van der Waals surface area contributed by atoms with Gasteiger partial charge in [0.05, 0.1) is 5.92 Å². The van der Waals surface area contributed by atoms with Crippen LogP contribution in [0.2, 0.25) is 0 Å². The zero-order valence-corrected chi connectivity index (χ0v) is 7.40. The molecule has 0 aromatic carbocycles. The van der Waals surface area contributed by atoms with Crippen LogP contribution < -0.4 is 0 Å². The standard InChI is InChI=1S/C9H13NO3/c1-2-5-10-6-7(9(12)13)3-4-8(10)11/h2,7H,1,3-6H2,(H,12,13). The van der Waals surface area contributed by atoms with Crippen LogP contribution in [0.25, 0.3) is 0 Å². The first-order chi connectivity index (χ1) is 6.15. The molecule has 1 saturated heterocycles. The average molecular weight is 183 g/mol. The number of carbonyl (C=O) groups excluding carboxylic acids is 1. The number of carbonyl (C=O) groups is 2. The maximum atomic E-state index is 11.2. The molecule has 0 aromatic heterocycles. The highest BCUT2D eigenvalue weighted by Gasteiger charge is 2.28. The Morgan fingerprint density at radius 2 is 2.46 bits per heavy atom. The Labute approximate surface area is 76.8 Å². The predicted octanol–water partition coefficient (Wildman–Crippen LogP) is 0.496. The Morgan fingerprint density at radius 3 is 3.00 bits per heavy atom. The summed E-state index contributed by atoms with van der Waals surface area (Å²) in [5, 5.41) is 8.75. The van der Waals surface area contributed by atoms with E-state index in [1.807, 2.05) is 0 Å². The van der Waals surface area contributed by atoms with Gasteiger partial charge in [-0.1, -0.05) is 6.08 Å². The van der Waals surface area contributed by atoms with Crippen molar-refractivity contribution in [2.45, 2.75) is 12.8 Å². The molecule has 0 spiro atoms. The van der Waals surface area contributed by atoms with Crippen LogP contribution in [-0.2, 0) is 9.59 Å². The lowest BCUT2D eigenvalue weighted by atomic mass is 9.98. The van der Waals surface area contributed by atoms with E-state index in [0.717, 1.165) is 0 Å². The molecule has 0 saturated carbocycles. The van der Waals surface area contributed by atoms with E-state index in [1.165, 1.54) is 4.90 Å². The zero-order chi connectivity index (χ0) is 9.84. The fourth-order valence-corrected chi connectivity index (χ4v) is 1.45. The van der Waals surface area contributed by atoms with Gasteiger partial charge in [-0.15, -0.1) is 6.58 Å². The van der Waals surface area contributed by atoms with Crippen molar-refractivity contribution in [3.05, 3.63) is 12.7 Å². The minimum atomic E-state index is -0.818. The lowest BCUT2D eigenvalue weighted by molar-refractivity contribution is -0.147. The SMILES string of the molecule is C=CCN1CC(C(=O)O)CCC1=O. The predicted molar refractivity (Wildman–Crippen MR) is 47.1 cm³/mol. The summed E-state index contributed by atoms with van der Waals surface area (Å²) in [6.45, 7) is 4.28. The zero-order valence-electron chi connectivity index (χ0n) is 7.40. The highest BCUT2D eigenvalue weighted by molar-refractivity contribution is 5.80. The number of carboxylic acids is 1. The molecule has 1 atom stereocenters. The van der Waals surface area contributed by atoms with Gasteiger partial charge in [0, 0.05) is 19.5 Å². The van der Waals surface area contributed by atoms with Crippen LogP contribution in [-0.4, -0.2) is 35.0 Å². The van der Waals surface area contributed by atoms with Gasteiger partial charge in [0.25, 0.3) is 0 Å². The van der Waals surface area contributed by atoms with E-state index in [2.05, 4.69) is 6.58 Å². The number of likely N-dealkylation sites (tertiary alicyclic amines) is 1. The molecule has 1 unspecified atom stereocenters. The van der Waals surface area contributed by atoms with Gasteiger partial charge in [-0.2, -0.15) is 0 Å². The Morgan fingerprint density at radius 1 is 1.77 bits per heavy atom. The van der Waals surface area contributed by atoms with Crippen LogP contribution in [0.4, 0.5) is 0 Å². The number of hydrogen-bond donors (Lipinski definition) is 1. The first-order valence-electron chi connectivity index (χ1n) is 4.26. The summed E-state index contributed by atoms with van der Waals surface area (Å²) >= 11 is 0. The van der Waals surface area contributed by atoms with Crippen LogP contribution in [0.15, 0.2) is 12.7 Å². The van der Waals surface area contributed by atoms with Gasteiger partial charge in [-0.25, -0.2) is 0 Å². The molecule has 0 aliphatic carbocycles. The van der Waals surface area contributed by atoms with E-state index in [9.17, 15) is 9.59 Å². The molecule has 1 amide bonds. The number of piperidine rings is 1. The topological polar surface area (TPSA) is 57.6 Å². The molecule has 0 bridgehead atoms. The summed E-state index contributed by atoms with van der Waals surface area (Å²) in [5.41, 5.74) is 0. The normalized spacial score (nSPS) is 22.9. The van der Waals surface area contributed by atoms with Crippen molar-refractivity contribution in [2.24, 2.45) is 5.92 Å². The number of carboxylic acid groups (broad SMARTS) is 1. The fourth-order valence-electron chi connectivity index (χ4n) is 1.45. The third-order valence-corrected chi connectivity index (χ3v) is 2.20. The van der Waals surface area contributed by atoms with Crippen molar-refractivity contribution in [3.8, 4) is 0 Å². The lowest BCUT2D eigenvalue weighted by Crippen LogP contribution is -2.42. The summed E-state index contributed by atoms with van der Waals surface area (Å²) < 4.78 is 0. The Kier molecular flexibility index (Phi) is 3.06. The van der Waals surface area contributed by atoms with E-state index in [-0.39, 0.29) is 5.91 Å². The third kappa shape index (κ3) is 2.31. The van der Waals surface area contributed by atoms with Crippen molar-refractivity contribution in [1.29, 1.82) is 0 Å². The number of hydrogen-bond acceptors (Lipinski definition) is 2. The first-order valence-corrected chi connectivity index (χ1v) is 4.26. The van der Waals surface area contributed by atoms with Crippen molar-refractivity contribution in [1.82, 2.24) is 4.90 Å². The monoisotopic (exact) mass is 183 g/mol. The molecule has 1 aliphatic rings. The number of aliphatic carboxylic acids is 1. The second kappa shape index (κ2) is 4.07. The Balaban J connectivity index is 2.57. The summed E-state index contributed by atoms with van der Waals surface area (Å²) in [7, 11) is 0. The van der Waals surface area contributed by atoms with Gasteiger partial charge in [-0.05, 0) is 6.42 Å². The van der Waals surface area contributed by atoms with Gasteiger partial charge in [0.15, 0.2) is 0 Å². The second-order valence-corrected chi connectivity index (χ2v) is 3.16. The average Bonchev–Trinajstić information content (AvgIpc) is 2.08. The van der Waals surface area contributed by atoms with Crippen molar-refractivity contribution in [2.75, 3.05) is 13.1 Å². The molecule has 1 heterocycles. The maximum Gasteiger partial charge on any atom is 0.308 e. The molecule has 1 fully saturated rings. The molecular weight excluding hydrogens is 170 g/mol. The quantitative estimate of drug-likeness (QED) is 0.648. The molecule has 1 aliphatic heterocycles. The smallest absolute Gasteiger partial charge is 0.308 e. The van der Waals surface area contributed by atoms with Gasteiger partial charge in [0.1, 0.15) is 0 Å². The Hall–Kier alpha value is -1.32. The molecule has 0 radical (unpaired) electrons. The van der Waals surface area contributed by atoms with Gasteiger partial charge in [-0.3, -0.25) is 9.59 Å². The van der Waals surface area contributed by atoms with Crippen LogP contribution in [0.3, 0.4) is 0 Å². The molecule has 4 heteroatoms. The molecule has 0 aromatic rings. The third-order valence-electron chi connectivity index (χ3n) is 2.20. The largest absolute Gasteiger partial charge is 0.481 e. The van der Waals surface area contributed by atoms with Crippen LogP contribution in [0.1, 0.15) is 12.8 Å². The van der Waals surface area contributed by atoms with Gasteiger partial charge >= 0.3 is 5.97 Å². The van der Waals surface area contributed by atoms with Crippen molar-refractivity contribution in [3.63, 3.8) is 0 Å². The van der Waals surface area contributed by atoms with Crippen LogP contribution >= 0.6 is 0 Å². The Bertz CT molecular complexity index is 237. The summed E-state index contributed by atoms with van der Waals surface area (Å²) in [5.74, 6) is -1.20. The van der Waals surface area contributed by atoms with E-state index in [4.69, 9.17) is 5.11 Å².